The predicted molar refractivity (Wildman–Crippen MR) is 123 cm³/mol. The van der Waals surface area contributed by atoms with Gasteiger partial charge in [0.05, 0.1) is 52.4 Å². The predicted octanol–water partition coefficient (Wildman–Crippen LogP) is 3.37. The second-order valence-corrected chi connectivity index (χ2v) is 8.09. The Balaban J connectivity index is 0.000000416. The van der Waals surface area contributed by atoms with Crippen molar-refractivity contribution in [1.82, 2.24) is 20.2 Å². The number of rotatable bonds is 5. The average Bonchev–Trinajstić information content (AvgIpc) is 3.28. The molecule has 170 valence electrons. The molecule has 1 N–H and O–H groups in total. The SMILES string of the molecule is C1COCCO1.COc1nnc(NC(=O)c2cnc(C)cc2-c2cc(Br)ncc2OC)s1. The van der Waals surface area contributed by atoms with E-state index in [0.717, 1.165) is 49.0 Å². The van der Waals surface area contributed by atoms with Gasteiger partial charge in [0.2, 0.25) is 5.13 Å². The van der Waals surface area contributed by atoms with Crippen molar-refractivity contribution in [2.45, 2.75) is 6.92 Å². The van der Waals surface area contributed by atoms with Gasteiger partial charge < -0.3 is 18.9 Å². The molecule has 10 nitrogen and oxygen atoms in total. The quantitative estimate of drug-likeness (QED) is 0.502. The number of nitrogens with one attached hydrogen (secondary N) is 1. The third-order valence-corrected chi connectivity index (χ3v) is 5.41. The summed E-state index contributed by atoms with van der Waals surface area (Å²) in [5.41, 5.74) is 2.54. The number of pyridine rings is 2. The van der Waals surface area contributed by atoms with Gasteiger partial charge in [-0.05, 0) is 46.3 Å². The lowest BCUT2D eigenvalue weighted by Crippen LogP contribution is -2.16. The fraction of sp³-hybridized carbons (Fsp3) is 0.350. The molecular formula is C20H22BrN5O5S. The van der Waals surface area contributed by atoms with Crippen LogP contribution in [0, 0.1) is 6.92 Å². The minimum atomic E-state index is -0.360. The van der Waals surface area contributed by atoms with Gasteiger partial charge in [-0.25, -0.2) is 4.98 Å². The normalized spacial score (nSPS) is 13.0. The molecule has 0 unspecified atom stereocenters. The summed E-state index contributed by atoms with van der Waals surface area (Å²) in [6.45, 7) is 4.96. The molecule has 0 atom stereocenters. The molecule has 0 bridgehead atoms. The van der Waals surface area contributed by atoms with Crippen LogP contribution in [0.5, 0.6) is 10.9 Å². The second kappa shape index (κ2) is 11.8. The van der Waals surface area contributed by atoms with Gasteiger partial charge in [-0.3, -0.25) is 15.1 Å². The molecule has 1 aliphatic heterocycles. The number of ether oxygens (including phenoxy) is 4. The molecule has 1 saturated heterocycles. The number of anilines is 1. The number of aryl methyl sites for hydroxylation is 1. The van der Waals surface area contributed by atoms with E-state index >= 15 is 0 Å². The standard InChI is InChI=1S/C16H14BrN5O3S.C4H8O2/c1-8-4-9(10-5-13(17)19-7-12(10)24-2)11(6-18-8)14(23)20-15-21-22-16(25-3)26-15;1-2-6-4-3-5-1/h4-7H,1-3H3,(H,20,21,23);1-4H2. The smallest absolute Gasteiger partial charge is 0.295 e. The highest BCUT2D eigenvalue weighted by Gasteiger charge is 2.19. The van der Waals surface area contributed by atoms with Gasteiger partial charge in [-0.15, -0.1) is 5.10 Å². The topological polar surface area (TPSA) is 118 Å². The van der Waals surface area contributed by atoms with E-state index in [1.807, 2.05) is 13.0 Å². The first-order valence-corrected chi connectivity index (χ1v) is 11.1. The summed E-state index contributed by atoms with van der Waals surface area (Å²) in [5, 5.41) is 11.1. The molecule has 0 spiro atoms. The van der Waals surface area contributed by atoms with E-state index in [9.17, 15) is 4.79 Å². The molecule has 0 saturated carbocycles. The van der Waals surface area contributed by atoms with Crippen LogP contribution < -0.4 is 14.8 Å². The van der Waals surface area contributed by atoms with E-state index in [1.165, 1.54) is 13.3 Å². The molecule has 4 rings (SSSR count). The number of hydrogen-bond donors (Lipinski definition) is 1. The van der Waals surface area contributed by atoms with E-state index in [-0.39, 0.29) is 5.91 Å². The first-order chi connectivity index (χ1) is 15.5. The summed E-state index contributed by atoms with van der Waals surface area (Å²) in [5.74, 6) is 0.187. The monoisotopic (exact) mass is 523 g/mol. The molecule has 0 aromatic carbocycles. The molecule has 0 aliphatic carbocycles. The number of halogens is 1. The van der Waals surface area contributed by atoms with Crippen molar-refractivity contribution in [2.24, 2.45) is 0 Å². The van der Waals surface area contributed by atoms with Gasteiger partial charge in [0.1, 0.15) is 10.4 Å². The molecule has 32 heavy (non-hydrogen) atoms. The number of carbonyl (C=O) groups excluding carboxylic acids is 1. The van der Waals surface area contributed by atoms with Gasteiger partial charge in [0.25, 0.3) is 11.1 Å². The molecule has 1 fully saturated rings. The molecule has 3 aromatic rings. The Labute approximate surface area is 197 Å². The Bertz CT molecular complexity index is 1050. The van der Waals surface area contributed by atoms with Crippen molar-refractivity contribution in [2.75, 3.05) is 46.0 Å². The highest BCUT2D eigenvalue weighted by Crippen LogP contribution is 2.34. The van der Waals surface area contributed by atoms with Crippen molar-refractivity contribution < 1.29 is 23.7 Å². The fourth-order valence-electron chi connectivity index (χ4n) is 2.70. The lowest BCUT2D eigenvalue weighted by Gasteiger charge is -2.13. The van der Waals surface area contributed by atoms with Crippen molar-refractivity contribution in [3.05, 3.63) is 40.4 Å². The molecule has 1 amide bonds. The highest BCUT2D eigenvalue weighted by molar-refractivity contribution is 9.10. The molecule has 4 heterocycles. The maximum atomic E-state index is 12.8. The summed E-state index contributed by atoms with van der Waals surface area (Å²) in [6.07, 6.45) is 3.11. The zero-order valence-corrected chi connectivity index (χ0v) is 20.2. The summed E-state index contributed by atoms with van der Waals surface area (Å²) >= 11 is 4.49. The number of methoxy groups -OCH3 is 2. The molecule has 1 aliphatic rings. The zero-order chi connectivity index (χ0) is 22.9. The molecular weight excluding hydrogens is 502 g/mol. The lowest BCUT2D eigenvalue weighted by molar-refractivity contribution is -0.0334. The van der Waals surface area contributed by atoms with Crippen LogP contribution in [0.25, 0.3) is 11.1 Å². The summed E-state index contributed by atoms with van der Waals surface area (Å²) < 4.78 is 20.9. The van der Waals surface area contributed by atoms with Crippen LogP contribution in [0.2, 0.25) is 0 Å². The third kappa shape index (κ3) is 6.42. The minimum absolute atomic E-state index is 0.334. The minimum Gasteiger partial charge on any atom is -0.494 e. The summed E-state index contributed by atoms with van der Waals surface area (Å²) in [4.78, 5) is 21.2. The fourth-order valence-corrected chi connectivity index (χ4v) is 3.59. The van der Waals surface area contributed by atoms with Gasteiger partial charge in [0, 0.05) is 23.0 Å². The molecule has 3 aromatic heterocycles. The number of nitrogens with zero attached hydrogens (tertiary/aromatic N) is 4. The molecule has 12 heteroatoms. The largest absolute Gasteiger partial charge is 0.494 e. The number of carbonyl (C=O) groups is 1. The number of amides is 1. The van der Waals surface area contributed by atoms with Crippen LogP contribution in [-0.4, -0.2) is 66.7 Å². The van der Waals surface area contributed by atoms with E-state index < -0.39 is 0 Å². The lowest BCUT2D eigenvalue weighted by atomic mass is 10.0. The Morgan fingerprint density at radius 2 is 1.75 bits per heavy atom. The van der Waals surface area contributed by atoms with Gasteiger partial charge in [0.15, 0.2) is 0 Å². The maximum absolute atomic E-state index is 12.8. The Kier molecular flexibility index (Phi) is 8.85. The van der Waals surface area contributed by atoms with Crippen LogP contribution in [-0.2, 0) is 9.47 Å². The maximum Gasteiger partial charge on any atom is 0.295 e. The average molecular weight is 524 g/mol. The Hall–Kier alpha value is -2.67. The molecule has 0 radical (unpaired) electrons. The van der Waals surface area contributed by atoms with Gasteiger partial charge >= 0.3 is 0 Å². The van der Waals surface area contributed by atoms with Crippen molar-refractivity contribution in [3.8, 4) is 22.1 Å². The van der Waals surface area contributed by atoms with E-state index in [2.05, 4.69) is 41.4 Å². The first kappa shape index (κ1) is 24.0. The number of hydrogen-bond acceptors (Lipinski definition) is 10. The third-order valence-electron chi connectivity index (χ3n) is 4.17. The van der Waals surface area contributed by atoms with Crippen LogP contribution in [0.3, 0.4) is 0 Å². The Morgan fingerprint density at radius 1 is 1.03 bits per heavy atom. The van der Waals surface area contributed by atoms with Crippen molar-refractivity contribution in [1.29, 1.82) is 0 Å². The van der Waals surface area contributed by atoms with Gasteiger partial charge in [-0.1, -0.05) is 5.10 Å². The van der Waals surface area contributed by atoms with Crippen LogP contribution in [0.1, 0.15) is 16.1 Å². The summed E-state index contributed by atoms with van der Waals surface area (Å²) in [7, 11) is 3.04. The highest BCUT2D eigenvalue weighted by atomic mass is 79.9. The zero-order valence-electron chi connectivity index (χ0n) is 17.8. The van der Waals surface area contributed by atoms with Crippen LogP contribution >= 0.6 is 27.3 Å². The van der Waals surface area contributed by atoms with Crippen molar-refractivity contribution >= 4 is 38.3 Å². The van der Waals surface area contributed by atoms with Gasteiger partial charge in [-0.2, -0.15) is 0 Å². The van der Waals surface area contributed by atoms with E-state index in [4.69, 9.17) is 18.9 Å². The van der Waals surface area contributed by atoms with Crippen molar-refractivity contribution in [3.63, 3.8) is 0 Å². The summed E-state index contributed by atoms with van der Waals surface area (Å²) in [6, 6.07) is 3.61. The number of aromatic nitrogens is 4. The van der Waals surface area contributed by atoms with Crippen LogP contribution in [0.4, 0.5) is 5.13 Å². The van der Waals surface area contributed by atoms with E-state index in [1.54, 1.807) is 19.4 Å². The van der Waals surface area contributed by atoms with Crippen LogP contribution in [0.15, 0.2) is 29.1 Å². The Morgan fingerprint density at radius 3 is 2.34 bits per heavy atom. The second-order valence-electron chi connectivity index (χ2n) is 6.33. The van der Waals surface area contributed by atoms with E-state index in [0.29, 0.717) is 31.8 Å². The first-order valence-electron chi connectivity index (χ1n) is 9.52.